The first-order chi connectivity index (χ1) is 9.92. The quantitative estimate of drug-likeness (QED) is 0.656. The summed E-state index contributed by atoms with van der Waals surface area (Å²) in [6, 6.07) is 4.16. The summed E-state index contributed by atoms with van der Waals surface area (Å²) in [7, 11) is -3.67. The Balaban J connectivity index is 2.20. The van der Waals surface area contributed by atoms with Crippen LogP contribution in [0, 0.1) is 18.8 Å². The van der Waals surface area contributed by atoms with Crippen molar-refractivity contribution in [2.75, 3.05) is 13.2 Å². The Morgan fingerprint density at radius 2 is 2.24 bits per heavy atom. The van der Waals surface area contributed by atoms with Gasteiger partial charge in [0.15, 0.2) is 0 Å². The van der Waals surface area contributed by atoms with Crippen LogP contribution < -0.4 is 10.0 Å². The standard InChI is InChI=1S/C14H16N2O4S/c1-10-7-13(5-4-11(10)3-2-6-17)21(19,20)16-12-8-14(18)15-9-12/h4-5,7,12,16-17H,6,8-9H2,1H3,(H,15,18). The molecular weight excluding hydrogens is 292 g/mol. The Morgan fingerprint density at radius 3 is 2.81 bits per heavy atom. The third-order valence-corrected chi connectivity index (χ3v) is 4.63. The predicted octanol–water partition coefficient (Wildman–Crippen LogP) is -0.494. The Labute approximate surface area is 123 Å². The zero-order valence-electron chi connectivity index (χ0n) is 11.5. The van der Waals surface area contributed by atoms with E-state index < -0.39 is 16.1 Å². The summed E-state index contributed by atoms with van der Waals surface area (Å²) in [6.07, 6.45) is 0.151. The van der Waals surface area contributed by atoms with E-state index in [-0.39, 0.29) is 23.8 Å². The van der Waals surface area contributed by atoms with Gasteiger partial charge in [-0.25, -0.2) is 13.1 Å². The molecule has 1 aliphatic heterocycles. The summed E-state index contributed by atoms with van der Waals surface area (Å²) in [4.78, 5) is 11.2. The van der Waals surface area contributed by atoms with E-state index >= 15 is 0 Å². The van der Waals surface area contributed by atoms with Crippen LogP contribution >= 0.6 is 0 Å². The maximum atomic E-state index is 12.2. The fourth-order valence-electron chi connectivity index (χ4n) is 2.05. The Bertz CT molecular complexity index is 716. The number of amides is 1. The van der Waals surface area contributed by atoms with Gasteiger partial charge in [0.25, 0.3) is 0 Å². The second kappa shape index (κ2) is 6.26. The normalized spacial score (nSPS) is 18.0. The van der Waals surface area contributed by atoms with Crippen molar-refractivity contribution >= 4 is 15.9 Å². The van der Waals surface area contributed by atoms with Gasteiger partial charge in [0.2, 0.25) is 15.9 Å². The van der Waals surface area contributed by atoms with E-state index in [4.69, 9.17) is 5.11 Å². The average molecular weight is 308 g/mol. The molecule has 2 rings (SSSR count). The predicted molar refractivity (Wildman–Crippen MR) is 76.9 cm³/mol. The maximum Gasteiger partial charge on any atom is 0.240 e. The largest absolute Gasteiger partial charge is 0.384 e. The molecule has 1 aliphatic rings. The van der Waals surface area contributed by atoms with E-state index in [9.17, 15) is 13.2 Å². The van der Waals surface area contributed by atoms with Gasteiger partial charge in [-0.05, 0) is 30.7 Å². The molecule has 1 atom stereocenters. The van der Waals surface area contributed by atoms with Crippen molar-refractivity contribution in [3.05, 3.63) is 29.3 Å². The van der Waals surface area contributed by atoms with Gasteiger partial charge in [-0.15, -0.1) is 0 Å². The van der Waals surface area contributed by atoms with E-state index in [0.29, 0.717) is 17.7 Å². The van der Waals surface area contributed by atoms with Gasteiger partial charge >= 0.3 is 0 Å². The molecule has 1 saturated heterocycles. The number of carbonyl (C=O) groups is 1. The van der Waals surface area contributed by atoms with Crippen LogP contribution in [-0.4, -0.2) is 38.6 Å². The molecule has 7 heteroatoms. The summed E-state index contributed by atoms with van der Waals surface area (Å²) in [6.45, 7) is 1.81. The minimum absolute atomic E-state index is 0.133. The molecular formula is C14H16N2O4S. The number of sulfonamides is 1. The highest BCUT2D eigenvalue weighted by Crippen LogP contribution is 2.16. The Hall–Kier alpha value is -1.88. The molecule has 1 aromatic carbocycles. The number of aliphatic hydroxyl groups excluding tert-OH is 1. The van der Waals surface area contributed by atoms with E-state index in [1.54, 1.807) is 13.0 Å². The lowest BCUT2D eigenvalue weighted by Crippen LogP contribution is -2.36. The SMILES string of the molecule is Cc1cc(S(=O)(=O)NC2CNC(=O)C2)ccc1C#CCO. The number of hydrogen-bond acceptors (Lipinski definition) is 4. The molecule has 1 amide bonds. The first-order valence-corrected chi connectivity index (χ1v) is 7.90. The zero-order chi connectivity index (χ0) is 15.5. The smallest absolute Gasteiger partial charge is 0.240 e. The van der Waals surface area contributed by atoms with Gasteiger partial charge in [-0.2, -0.15) is 0 Å². The van der Waals surface area contributed by atoms with Crippen molar-refractivity contribution in [3.63, 3.8) is 0 Å². The Kier molecular flexibility index (Phi) is 4.63. The molecule has 0 aliphatic carbocycles. The van der Waals surface area contributed by atoms with Crippen LogP contribution in [0.4, 0.5) is 0 Å². The van der Waals surface area contributed by atoms with Crippen molar-refractivity contribution in [1.29, 1.82) is 0 Å². The van der Waals surface area contributed by atoms with Gasteiger partial charge in [-0.1, -0.05) is 11.8 Å². The van der Waals surface area contributed by atoms with Crippen LogP contribution in [0.2, 0.25) is 0 Å². The highest BCUT2D eigenvalue weighted by Gasteiger charge is 2.26. The zero-order valence-corrected chi connectivity index (χ0v) is 12.3. The van der Waals surface area contributed by atoms with Crippen LogP contribution in [0.25, 0.3) is 0 Å². The van der Waals surface area contributed by atoms with Gasteiger partial charge < -0.3 is 10.4 Å². The lowest BCUT2D eigenvalue weighted by atomic mass is 10.1. The van der Waals surface area contributed by atoms with Crippen LogP contribution in [0.1, 0.15) is 17.5 Å². The lowest BCUT2D eigenvalue weighted by Gasteiger charge is -2.12. The van der Waals surface area contributed by atoms with Crippen molar-refractivity contribution in [2.45, 2.75) is 24.3 Å². The topological polar surface area (TPSA) is 95.5 Å². The van der Waals surface area contributed by atoms with Crippen molar-refractivity contribution in [3.8, 4) is 11.8 Å². The minimum atomic E-state index is -3.67. The van der Waals surface area contributed by atoms with Crippen molar-refractivity contribution in [2.24, 2.45) is 0 Å². The van der Waals surface area contributed by atoms with Gasteiger partial charge in [-0.3, -0.25) is 4.79 Å². The second-order valence-electron chi connectivity index (χ2n) is 4.76. The summed E-state index contributed by atoms with van der Waals surface area (Å²) in [5.74, 6) is 5.11. The molecule has 6 nitrogen and oxygen atoms in total. The first-order valence-electron chi connectivity index (χ1n) is 6.42. The molecule has 1 fully saturated rings. The van der Waals surface area contributed by atoms with E-state index in [1.165, 1.54) is 12.1 Å². The number of hydrogen-bond donors (Lipinski definition) is 3. The minimum Gasteiger partial charge on any atom is -0.384 e. The molecule has 0 spiro atoms. The molecule has 0 aromatic heterocycles. The number of aliphatic hydroxyl groups is 1. The first kappa shape index (κ1) is 15.5. The van der Waals surface area contributed by atoms with E-state index in [0.717, 1.165) is 0 Å². The molecule has 0 radical (unpaired) electrons. The number of nitrogens with one attached hydrogen (secondary N) is 2. The summed E-state index contributed by atoms with van der Waals surface area (Å²) in [5, 5.41) is 11.2. The van der Waals surface area contributed by atoms with Crippen LogP contribution in [0.5, 0.6) is 0 Å². The van der Waals surface area contributed by atoms with E-state index in [2.05, 4.69) is 21.9 Å². The second-order valence-corrected chi connectivity index (χ2v) is 6.48. The number of aryl methyl sites for hydroxylation is 1. The van der Waals surface area contributed by atoms with Gasteiger partial charge in [0.1, 0.15) is 6.61 Å². The third-order valence-electron chi connectivity index (χ3n) is 3.11. The monoisotopic (exact) mass is 308 g/mol. The molecule has 0 saturated carbocycles. The molecule has 3 N–H and O–H groups in total. The van der Waals surface area contributed by atoms with Crippen LogP contribution in [0.15, 0.2) is 23.1 Å². The average Bonchev–Trinajstić information content (AvgIpc) is 2.82. The van der Waals surface area contributed by atoms with Crippen molar-refractivity contribution in [1.82, 2.24) is 10.0 Å². The van der Waals surface area contributed by atoms with Crippen LogP contribution in [0.3, 0.4) is 0 Å². The number of rotatable bonds is 3. The molecule has 1 aromatic rings. The van der Waals surface area contributed by atoms with E-state index in [1.807, 2.05) is 0 Å². The van der Waals surface area contributed by atoms with Gasteiger partial charge in [0, 0.05) is 24.6 Å². The highest BCUT2D eigenvalue weighted by molar-refractivity contribution is 7.89. The summed E-state index contributed by atoms with van der Waals surface area (Å²) >= 11 is 0. The summed E-state index contributed by atoms with van der Waals surface area (Å²) in [5.41, 5.74) is 1.38. The lowest BCUT2D eigenvalue weighted by molar-refractivity contribution is -0.119. The maximum absolute atomic E-state index is 12.2. The molecule has 112 valence electrons. The van der Waals surface area contributed by atoms with Crippen LogP contribution in [-0.2, 0) is 14.8 Å². The number of carbonyl (C=O) groups excluding carboxylic acids is 1. The van der Waals surface area contributed by atoms with Gasteiger partial charge in [0.05, 0.1) is 4.90 Å². The van der Waals surface area contributed by atoms with Crippen molar-refractivity contribution < 1.29 is 18.3 Å². The fraction of sp³-hybridized carbons (Fsp3) is 0.357. The molecule has 1 heterocycles. The highest BCUT2D eigenvalue weighted by atomic mass is 32.2. The fourth-order valence-corrected chi connectivity index (χ4v) is 3.37. The molecule has 21 heavy (non-hydrogen) atoms. The summed E-state index contributed by atoms with van der Waals surface area (Å²) < 4.78 is 27.0. The Morgan fingerprint density at radius 1 is 1.48 bits per heavy atom. The third kappa shape index (κ3) is 3.82. The number of benzene rings is 1. The molecule has 1 unspecified atom stereocenters. The molecule has 0 bridgehead atoms.